The number of nitrogens with zero attached hydrogens (tertiary/aromatic N) is 1. The summed E-state index contributed by atoms with van der Waals surface area (Å²) in [6.07, 6.45) is 1.54. The lowest BCUT2D eigenvalue weighted by Crippen LogP contribution is -2.24. The summed E-state index contributed by atoms with van der Waals surface area (Å²) in [6, 6.07) is 15.3. The average Bonchev–Trinajstić information content (AvgIpc) is 2.61. The number of methoxy groups -OCH3 is 2. The van der Waals surface area contributed by atoms with Gasteiger partial charge in [0.25, 0.3) is 5.91 Å². The summed E-state index contributed by atoms with van der Waals surface area (Å²) in [6.45, 7) is 0. The molecule has 4 nitrogen and oxygen atoms in total. The third kappa shape index (κ3) is 4.29. The Bertz CT molecular complexity index is 686. The summed E-state index contributed by atoms with van der Waals surface area (Å²) in [5.41, 5.74) is 0.659. The molecule has 0 aliphatic rings. The molecule has 2 aromatic carbocycles. The zero-order valence-electron chi connectivity index (χ0n) is 13.4. The maximum atomic E-state index is 12.3. The molecule has 0 saturated heterocycles. The Morgan fingerprint density at radius 1 is 1.04 bits per heavy atom. The molecule has 2 aromatic rings. The van der Waals surface area contributed by atoms with E-state index >= 15 is 0 Å². The molecule has 0 fully saturated rings. The van der Waals surface area contributed by atoms with Gasteiger partial charge in [-0.05, 0) is 29.7 Å². The molecule has 0 spiro atoms. The second-order valence-electron chi connectivity index (χ2n) is 4.64. The van der Waals surface area contributed by atoms with Crippen molar-refractivity contribution in [3.05, 3.63) is 60.0 Å². The van der Waals surface area contributed by atoms with Crippen molar-refractivity contribution in [2.24, 2.45) is 0 Å². The van der Waals surface area contributed by atoms with E-state index < -0.39 is 0 Å². The van der Waals surface area contributed by atoms with Gasteiger partial charge in [-0.1, -0.05) is 36.0 Å². The van der Waals surface area contributed by atoms with Crippen LogP contribution in [0.15, 0.2) is 64.9 Å². The van der Waals surface area contributed by atoms with Crippen LogP contribution < -0.4 is 14.4 Å². The molecule has 23 heavy (non-hydrogen) atoms. The quantitative estimate of drug-likeness (QED) is 0.594. The minimum absolute atomic E-state index is 0.139. The molecule has 0 bridgehead atoms. The van der Waals surface area contributed by atoms with E-state index in [1.807, 2.05) is 42.5 Å². The van der Waals surface area contributed by atoms with Gasteiger partial charge in [0.15, 0.2) is 11.5 Å². The highest BCUT2D eigenvalue weighted by Gasteiger charge is 2.16. The van der Waals surface area contributed by atoms with E-state index in [0.29, 0.717) is 17.2 Å². The smallest absolute Gasteiger partial charge is 0.251 e. The standard InChI is InChI=1S/C18H19NO3S/c1-19(15-10-7-11-16(21-2)18(15)22-3)17(20)12-13-23-14-8-5-4-6-9-14/h4-13H,1-3H3/b13-12+. The molecular weight excluding hydrogens is 310 g/mol. The highest BCUT2D eigenvalue weighted by Crippen LogP contribution is 2.36. The zero-order chi connectivity index (χ0) is 16.7. The molecule has 0 aliphatic carbocycles. The lowest BCUT2D eigenvalue weighted by atomic mass is 10.2. The second kappa shape index (κ2) is 8.29. The minimum atomic E-state index is -0.139. The Kier molecular flexibility index (Phi) is 6.11. The molecule has 0 unspecified atom stereocenters. The number of para-hydroxylation sites is 1. The number of amides is 1. The van der Waals surface area contributed by atoms with Crippen LogP contribution in [0.25, 0.3) is 0 Å². The van der Waals surface area contributed by atoms with E-state index in [4.69, 9.17) is 9.47 Å². The van der Waals surface area contributed by atoms with Gasteiger partial charge < -0.3 is 14.4 Å². The van der Waals surface area contributed by atoms with Crippen molar-refractivity contribution in [2.45, 2.75) is 4.90 Å². The molecule has 5 heteroatoms. The van der Waals surface area contributed by atoms with Crippen molar-refractivity contribution in [2.75, 3.05) is 26.2 Å². The summed E-state index contributed by atoms with van der Waals surface area (Å²) in [5, 5.41) is 1.78. The van der Waals surface area contributed by atoms with Crippen molar-refractivity contribution >= 4 is 23.4 Å². The first-order chi connectivity index (χ1) is 11.2. The maximum absolute atomic E-state index is 12.3. The molecule has 0 radical (unpaired) electrons. The third-order valence-corrected chi connectivity index (χ3v) is 4.05. The number of hydrogen-bond donors (Lipinski definition) is 0. The number of benzene rings is 2. The maximum Gasteiger partial charge on any atom is 0.251 e. The van der Waals surface area contributed by atoms with Crippen molar-refractivity contribution in [1.29, 1.82) is 0 Å². The number of anilines is 1. The highest BCUT2D eigenvalue weighted by atomic mass is 32.2. The number of carbonyl (C=O) groups is 1. The van der Waals surface area contributed by atoms with Crippen LogP contribution in [0.3, 0.4) is 0 Å². The Balaban J connectivity index is 2.11. The number of hydrogen-bond acceptors (Lipinski definition) is 4. The van der Waals surface area contributed by atoms with E-state index in [-0.39, 0.29) is 5.91 Å². The van der Waals surface area contributed by atoms with Crippen molar-refractivity contribution in [3.63, 3.8) is 0 Å². The van der Waals surface area contributed by atoms with E-state index in [1.54, 1.807) is 32.7 Å². The first-order valence-corrected chi connectivity index (χ1v) is 7.92. The monoisotopic (exact) mass is 329 g/mol. The van der Waals surface area contributed by atoms with Gasteiger partial charge in [0, 0.05) is 18.0 Å². The second-order valence-corrected chi connectivity index (χ2v) is 5.62. The number of thioether (sulfide) groups is 1. The van der Waals surface area contributed by atoms with Gasteiger partial charge in [0.1, 0.15) is 0 Å². The fourth-order valence-electron chi connectivity index (χ4n) is 2.03. The van der Waals surface area contributed by atoms with Gasteiger partial charge in [0.2, 0.25) is 0 Å². The minimum Gasteiger partial charge on any atom is -0.493 e. The molecule has 0 aliphatic heterocycles. The number of likely N-dealkylation sites (N-methyl/N-ethyl adjacent to an activating group) is 1. The van der Waals surface area contributed by atoms with Crippen LogP contribution in [-0.4, -0.2) is 27.2 Å². The van der Waals surface area contributed by atoms with Crippen LogP contribution in [-0.2, 0) is 4.79 Å². The van der Waals surface area contributed by atoms with Crippen LogP contribution in [0.5, 0.6) is 11.5 Å². The van der Waals surface area contributed by atoms with Gasteiger partial charge in [0.05, 0.1) is 19.9 Å². The molecule has 0 atom stereocenters. The van der Waals surface area contributed by atoms with Gasteiger partial charge in [-0.3, -0.25) is 4.79 Å². The molecule has 120 valence electrons. The molecule has 0 saturated carbocycles. The van der Waals surface area contributed by atoms with Gasteiger partial charge >= 0.3 is 0 Å². The third-order valence-electron chi connectivity index (χ3n) is 3.23. The highest BCUT2D eigenvalue weighted by molar-refractivity contribution is 8.02. The van der Waals surface area contributed by atoms with Gasteiger partial charge in [-0.15, -0.1) is 0 Å². The van der Waals surface area contributed by atoms with Crippen LogP contribution in [0.1, 0.15) is 0 Å². The largest absolute Gasteiger partial charge is 0.493 e. The number of ether oxygens (including phenoxy) is 2. The Morgan fingerprint density at radius 2 is 1.78 bits per heavy atom. The summed E-state index contributed by atoms with van der Waals surface area (Å²) in [5.74, 6) is 0.988. The van der Waals surface area contributed by atoms with Crippen molar-refractivity contribution in [1.82, 2.24) is 0 Å². The Morgan fingerprint density at radius 3 is 2.43 bits per heavy atom. The van der Waals surface area contributed by atoms with Gasteiger partial charge in [-0.25, -0.2) is 0 Å². The Labute approximate surface area is 140 Å². The van der Waals surface area contributed by atoms with Crippen LogP contribution in [0.2, 0.25) is 0 Å². The Hall–Kier alpha value is -2.40. The van der Waals surface area contributed by atoms with Crippen molar-refractivity contribution in [3.8, 4) is 11.5 Å². The topological polar surface area (TPSA) is 38.8 Å². The van der Waals surface area contributed by atoms with Crippen LogP contribution in [0.4, 0.5) is 5.69 Å². The first-order valence-electron chi connectivity index (χ1n) is 7.04. The lowest BCUT2D eigenvalue weighted by molar-refractivity contribution is -0.113. The molecule has 0 N–H and O–H groups in total. The van der Waals surface area contributed by atoms with E-state index in [1.165, 1.54) is 22.7 Å². The molecular formula is C18H19NO3S. The molecule has 0 heterocycles. The van der Waals surface area contributed by atoms with Crippen LogP contribution >= 0.6 is 11.8 Å². The molecule has 0 aromatic heterocycles. The molecule has 2 rings (SSSR count). The first kappa shape index (κ1) is 17.0. The number of rotatable bonds is 6. The number of carbonyl (C=O) groups excluding carboxylic acids is 1. The summed E-state index contributed by atoms with van der Waals surface area (Å²) >= 11 is 1.49. The van der Waals surface area contributed by atoms with E-state index in [0.717, 1.165) is 4.90 Å². The predicted molar refractivity (Wildman–Crippen MR) is 94.4 cm³/mol. The predicted octanol–water partition coefficient (Wildman–Crippen LogP) is 3.97. The summed E-state index contributed by atoms with van der Waals surface area (Å²) in [4.78, 5) is 14.9. The zero-order valence-corrected chi connectivity index (χ0v) is 14.2. The average molecular weight is 329 g/mol. The van der Waals surface area contributed by atoms with Crippen LogP contribution in [0, 0.1) is 0 Å². The fraction of sp³-hybridized carbons (Fsp3) is 0.167. The van der Waals surface area contributed by atoms with E-state index in [9.17, 15) is 4.79 Å². The normalized spacial score (nSPS) is 10.6. The summed E-state index contributed by atoms with van der Waals surface area (Å²) in [7, 11) is 4.83. The SMILES string of the molecule is COc1cccc(N(C)C(=O)/C=C/Sc2ccccc2)c1OC. The lowest BCUT2D eigenvalue weighted by Gasteiger charge is -2.20. The van der Waals surface area contributed by atoms with E-state index in [2.05, 4.69) is 0 Å². The summed E-state index contributed by atoms with van der Waals surface area (Å²) < 4.78 is 10.6. The van der Waals surface area contributed by atoms with Crippen molar-refractivity contribution < 1.29 is 14.3 Å². The molecule has 1 amide bonds. The fourth-order valence-corrected chi connectivity index (χ4v) is 2.69. The van der Waals surface area contributed by atoms with Gasteiger partial charge in [-0.2, -0.15) is 0 Å².